The Hall–Kier alpha value is -3.02. The third kappa shape index (κ3) is 7.10. The van der Waals surface area contributed by atoms with Gasteiger partial charge in [0.15, 0.2) is 5.96 Å². The highest BCUT2D eigenvalue weighted by Gasteiger charge is 2.18. The molecule has 1 heterocycles. The fourth-order valence-electron chi connectivity index (χ4n) is 3.35. The summed E-state index contributed by atoms with van der Waals surface area (Å²) < 4.78 is 5.79. The SMILES string of the molecule is CCNC(=NCc1ccc(COc2ccccc2)cc1)NCCCN1CCCC1=O. The van der Waals surface area contributed by atoms with Crippen LogP contribution in [0.15, 0.2) is 59.6 Å². The van der Waals surface area contributed by atoms with E-state index in [1.807, 2.05) is 35.2 Å². The third-order valence-corrected chi connectivity index (χ3v) is 5.00. The number of likely N-dealkylation sites (tertiary alicyclic amines) is 1. The van der Waals surface area contributed by atoms with E-state index in [4.69, 9.17) is 4.74 Å². The smallest absolute Gasteiger partial charge is 0.222 e. The van der Waals surface area contributed by atoms with Gasteiger partial charge in [-0.3, -0.25) is 4.79 Å². The molecular weight excluding hydrogens is 376 g/mol. The molecule has 1 fully saturated rings. The molecule has 1 aliphatic heterocycles. The van der Waals surface area contributed by atoms with Gasteiger partial charge in [0.25, 0.3) is 0 Å². The molecule has 0 atom stereocenters. The van der Waals surface area contributed by atoms with Crippen LogP contribution < -0.4 is 15.4 Å². The number of carbonyl (C=O) groups is 1. The first kappa shape index (κ1) is 21.7. The van der Waals surface area contributed by atoms with Gasteiger partial charge >= 0.3 is 0 Å². The highest BCUT2D eigenvalue weighted by atomic mass is 16.5. The Balaban J connectivity index is 1.42. The van der Waals surface area contributed by atoms with Crippen LogP contribution in [0, 0.1) is 0 Å². The van der Waals surface area contributed by atoms with Crippen molar-refractivity contribution in [3.05, 3.63) is 65.7 Å². The summed E-state index contributed by atoms with van der Waals surface area (Å²) in [6, 6.07) is 18.2. The Kier molecular flexibility index (Phi) is 8.57. The van der Waals surface area contributed by atoms with Gasteiger partial charge in [0, 0.05) is 32.6 Å². The van der Waals surface area contributed by atoms with Crippen LogP contribution in [0.25, 0.3) is 0 Å². The van der Waals surface area contributed by atoms with E-state index < -0.39 is 0 Å². The predicted molar refractivity (Wildman–Crippen MR) is 120 cm³/mol. The third-order valence-electron chi connectivity index (χ3n) is 5.00. The molecule has 3 rings (SSSR count). The predicted octanol–water partition coefficient (Wildman–Crippen LogP) is 3.33. The summed E-state index contributed by atoms with van der Waals surface area (Å²) >= 11 is 0. The van der Waals surface area contributed by atoms with Crippen molar-refractivity contribution in [2.24, 2.45) is 4.99 Å². The van der Waals surface area contributed by atoms with Crippen molar-refractivity contribution in [3.63, 3.8) is 0 Å². The topological polar surface area (TPSA) is 66.0 Å². The van der Waals surface area contributed by atoms with E-state index in [0.29, 0.717) is 19.6 Å². The molecule has 0 unspecified atom stereocenters. The minimum atomic E-state index is 0.285. The molecule has 0 saturated carbocycles. The van der Waals surface area contributed by atoms with Gasteiger partial charge in [0.2, 0.25) is 5.91 Å². The Morgan fingerprint density at radius 3 is 2.53 bits per heavy atom. The lowest BCUT2D eigenvalue weighted by molar-refractivity contribution is -0.127. The van der Waals surface area contributed by atoms with Gasteiger partial charge < -0.3 is 20.3 Å². The Bertz CT molecular complexity index is 806. The molecule has 1 saturated heterocycles. The van der Waals surface area contributed by atoms with E-state index in [-0.39, 0.29) is 5.91 Å². The van der Waals surface area contributed by atoms with Crippen LogP contribution in [-0.4, -0.2) is 42.9 Å². The molecule has 2 aromatic rings. The molecule has 6 nitrogen and oxygen atoms in total. The van der Waals surface area contributed by atoms with Crippen molar-refractivity contribution in [1.82, 2.24) is 15.5 Å². The number of rotatable bonds is 10. The quantitative estimate of drug-likeness (QED) is 0.360. The van der Waals surface area contributed by atoms with Gasteiger partial charge in [0.1, 0.15) is 12.4 Å². The largest absolute Gasteiger partial charge is 0.489 e. The van der Waals surface area contributed by atoms with Crippen LogP contribution >= 0.6 is 0 Å². The monoisotopic (exact) mass is 408 g/mol. The lowest BCUT2D eigenvalue weighted by Gasteiger charge is -2.16. The van der Waals surface area contributed by atoms with Crippen molar-refractivity contribution in [1.29, 1.82) is 0 Å². The van der Waals surface area contributed by atoms with Crippen molar-refractivity contribution < 1.29 is 9.53 Å². The maximum atomic E-state index is 11.7. The summed E-state index contributed by atoms with van der Waals surface area (Å²) in [6.45, 7) is 6.55. The van der Waals surface area contributed by atoms with Crippen LogP contribution in [0.4, 0.5) is 0 Å². The maximum absolute atomic E-state index is 11.7. The minimum Gasteiger partial charge on any atom is -0.489 e. The lowest BCUT2D eigenvalue weighted by atomic mass is 10.1. The molecule has 0 aromatic heterocycles. The first-order valence-corrected chi connectivity index (χ1v) is 10.8. The normalized spacial score (nSPS) is 14.1. The Morgan fingerprint density at radius 1 is 1.07 bits per heavy atom. The lowest BCUT2D eigenvalue weighted by Crippen LogP contribution is -2.39. The Morgan fingerprint density at radius 2 is 1.83 bits per heavy atom. The molecule has 1 aliphatic rings. The first-order valence-electron chi connectivity index (χ1n) is 10.8. The molecular formula is C24H32N4O2. The summed E-state index contributed by atoms with van der Waals surface area (Å²) in [7, 11) is 0. The first-order chi connectivity index (χ1) is 14.7. The van der Waals surface area contributed by atoms with E-state index in [1.165, 1.54) is 0 Å². The van der Waals surface area contributed by atoms with Crippen molar-refractivity contribution in [2.75, 3.05) is 26.2 Å². The van der Waals surface area contributed by atoms with E-state index in [0.717, 1.165) is 61.9 Å². The van der Waals surface area contributed by atoms with Gasteiger partial charge in [-0.05, 0) is 43.0 Å². The zero-order chi connectivity index (χ0) is 21.0. The molecule has 2 aromatic carbocycles. The molecule has 0 aliphatic carbocycles. The van der Waals surface area contributed by atoms with Gasteiger partial charge in [-0.15, -0.1) is 0 Å². The maximum Gasteiger partial charge on any atom is 0.222 e. The minimum absolute atomic E-state index is 0.285. The van der Waals surface area contributed by atoms with E-state index in [2.05, 4.69) is 46.8 Å². The van der Waals surface area contributed by atoms with Crippen LogP contribution in [0.1, 0.15) is 37.3 Å². The number of para-hydroxylation sites is 1. The number of hydrogen-bond donors (Lipinski definition) is 2. The van der Waals surface area contributed by atoms with Gasteiger partial charge in [-0.2, -0.15) is 0 Å². The molecule has 1 amide bonds. The number of benzene rings is 2. The number of carbonyl (C=O) groups excluding carboxylic acids is 1. The van der Waals surface area contributed by atoms with E-state index in [9.17, 15) is 4.79 Å². The highest BCUT2D eigenvalue weighted by Crippen LogP contribution is 2.13. The van der Waals surface area contributed by atoms with E-state index >= 15 is 0 Å². The number of guanidine groups is 1. The number of amides is 1. The summed E-state index contributed by atoms with van der Waals surface area (Å²) in [4.78, 5) is 18.3. The standard InChI is InChI=1S/C24H32N4O2/c1-2-25-24(26-15-7-17-28-16-6-10-23(28)29)27-18-20-11-13-21(14-12-20)19-30-22-8-4-3-5-9-22/h3-5,8-9,11-14H,2,6-7,10,15-19H2,1H3,(H2,25,26,27). The highest BCUT2D eigenvalue weighted by molar-refractivity contribution is 5.79. The average Bonchev–Trinajstić information content (AvgIpc) is 3.19. The molecule has 0 bridgehead atoms. The number of nitrogens with one attached hydrogen (secondary N) is 2. The summed E-state index contributed by atoms with van der Waals surface area (Å²) in [6.07, 6.45) is 2.62. The number of aliphatic imine (C=N–C) groups is 1. The zero-order valence-corrected chi connectivity index (χ0v) is 17.8. The fraction of sp³-hybridized carbons (Fsp3) is 0.417. The molecule has 0 spiro atoms. The second kappa shape index (κ2) is 11.9. The van der Waals surface area contributed by atoms with E-state index in [1.54, 1.807) is 0 Å². The van der Waals surface area contributed by atoms with Gasteiger partial charge in [-0.1, -0.05) is 42.5 Å². The Labute approximate surface area is 179 Å². The average molecular weight is 409 g/mol. The summed E-state index contributed by atoms with van der Waals surface area (Å²) in [5.74, 6) is 1.97. The van der Waals surface area contributed by atoms with Crippen molar-refractivity contribution >= 4 is 11.9 Å². The van der Waals surface area contributed by atoms with Crippen LogP contribution in [0.2, 0.25) is 0 Å². The molecule has 2 N–H and O–H groups in total. The molecule has 30 heavy (non-hydrogen) atoms. The van der Waals surface area contributed by atoms with Crippen LogP contribution in [-0.2, 0) is 17.9 Å². The summed E-state index contributed by atoms with van der Waals surface area (Å²) in [5.41, 5.74) is 2.28. The molecule has 160 valence electrons. The molecule has 6 heteroatoms. The van der Waals surface area contributed by atoms with Crippen LogP contribution in [0.3, 0.4) is 0 Å². The van der Waals surface area contributed by atoms with Crippen molar-refractivity contribution in [3.8, 4) is 5.75 Å². The second-order valence-electron chi connectivity index (χ2n) is 7.38. The zero-order valence-electron chi connectivity index (χ0n) is 17.8. The van der Waals surface area contributed by atoms with Gasteiger partial charge in [0.05, 0.1) is 6.54 Å². The van der Waals surface area contributed by atoms with Crippen LogP contribution in [0.5, 0.6) is 5.75 Å². The van der Waals surface area contributed by atoms with Crippen molar-refractivity contribution in [2.45, 2.75) is 39.3 Å². The summed E-state index contributed by atoms with van der Waals surface area (Å²) in [5, 5.41) is 6.64. The number of ether oxygens (including phenoxy) is 1. The molecule has 0 radical (unpaired) electrons. The number of nitrogens with zero attached hydrogens (tertiary/aromatic N) is 2. The van der Waals surface area contributed by atoms with Gasteiger partial charge in [-0.25, -0.2) is 4.99 Å². The second-order valence-corrected chi connectivity index (χ2v) is 7.38. The number of hydrogen-bond acceptors (Lipinski definition) is 3. The fourth-order valence-corrected chi connectivity index (χ4v) is 3.35.